The van der Waals surface area contributed by atoms with E-state index in [1.54, 1.807) is 13.8 Å². The largest absolute Gasteiger partial charge is 0.618 e. The van der Waals surface area contributed by atoms with Crippen LogP contribution in [-0.2, 0) is 0 Å². The zero-order valence-electron chi connectivity index (χ0n) is 8.73. The van der Waals surface area contributed by atoms with Crippen molar-refractivity contribution < 1.29 is 14.7 Å². The number of hydroxylamine groups is 2. The number of nitrogens with zero attached hydrogens (tertiary/aromatic N) is 3. The third-order valence-electron chi connectivity index (χ3n) is 2.94. The Kier molecular flexibility index (Phi) is 1.95. The Labute approximate surface area is 87.0 Å². The topological polar surface area (TPSA) is 84.7 Å². The molecule has 0 saturated heterocycles. The number of fused-ring (bicyclic) bond motifs is 1. The number of hydrogen-bond donors (Lipinski definition) is 1. The molecule has 0 atom stereocenters. The Bertz CT molecular complexity index is 407. The molecule has 2 aliphatic rings. The fraction of sp³-hybridized carbons (Fsp3) is 0.667. The molecule has 1 N–H and O–H groups in total. The third-order valence-corrected chi connectivity index (χ3v) is 2.94. The van der Waals surface area contributed by atoms with Gasteiger partial charge in [0.25, 0.3) is 5.71 Å². The SMILES string of the molecule is CC1(C)[N+]([O-])=C2CCC/C(=N/O)C2=[N+]1[O-]. The molecule has 1 saturated carbocycles. The standard InChI is InChI=1S/C9H13N3O3/c1-9(2)11(14)7-5-3-4-6(10-13)8(7)12(9)15/h13H,3-5H2,1-2H3/b10-6-. The van der Waals surface area contributed by atoms with Crippen molar-refractivity contribution >= 4 is 17.1 Å². The first-order valence-electron chi connectivity index (χ1n) is 4.89. The second-order valence-electron chi connectivity index (χ2n) is 4.28. The molecule has 0 spiro atoms. The van der Waals surface area contributed by atoms with Crippen molar-refractivity contribution in [1.29, 1.82) is 0 Å². The smallest absolute Gasteiger partial charge is 0.366 e. The summed E-state index contributed by atoms with van der Waals surface area (Å²) in [6.45, 7) is 3.11. The van der Waals surface area contributed by atoms with E-state index >= 15 is 0 Å². The van der Waals surface area contributed by atoms with Crippen LogP contribution in [0.5, 0.6) is 0 Å². The zero-order chi connectivity index (χ0) is 11.2. The lowest BCUT2D eigenvalue weighted by molar-refractivity contribution is -0.754. The van der Waals surface area contributed by atoms with Crippen LogP contribution in [0.1, 0.15) is 33.1 Å². The molecule has 1 heterocycles. The van der Waals surface area contributed by atoms with Crippen molar-refractivity contribution in [2.45, 2.75) is 38.8 Å². The van der Waals surface area contributed by atoms with E-state index in [9.17, 15) is 10.4 Å². The van der Waals surface area contributed by atoms with Crippen LogP contribution in [0.3, 0.4) is 0 Å². The average Bonchev–Trinajstić information content (AvgIpc) is 2.41. The quantitative estimate of drug-likeness (QED) is 0.276. The van der Waals surface area contributed by atoms with Crippen molar-refractivity contribution in [2.24, 2.45) is 5.16 Å². The van der Waals surface area contributed by atoms with E-state index in [0.29, 0.717) is 29.0 Å². The molecule has 0 aromatic rings. The van der Waals surface area contributed by atoms with Gasteiger partial charge in [0.2, 0.25) is 0 Å². The van der Waals surface area contributed by atoms with Crippen molar-refractivity contribution in [3.63, 3.8) is 0 Å². The summed E-state index contributed by atoms with van der Waals surface area (Å²) >= 11 is 0. The Morgan fingerprint density at radius 3 is 2.53 bits per heavy atom. The van der Waals surface area contributed by atoms with E-state index in [1.165, 1.54) is 0 Å². The maximum atomic E-state index is 11.9. The lowest BCUT2D eigenvalue weighted by atomic mass is 9.94. The summed E-state index contributed by atoms with van der Waals surface area (Å²) in [5, 5.41) is 35.6. The molecule has 6 nitrogen and oxygen atoms in total. The molecule has 0 aromatic carbocycles. The van der Waals surface area contributed by atoms with Gasteiger partial charge in [0, 0.05) is 12.8 Å². The van der Waals surface area contributed by atoms with E-state index in [-0.39, 0.29) is 5.71 Å². The van der Waals surface area contributed by atoms with Gasteiger partial charge in [-0.3, -0.25) is 0 Å². The normalized spacial score (nSPS) is 27.5. The van der Waals surface area contributed by atoms with Gasteiger partial charge in [-0.25, -0.2) is 0 Å². The van der Waals surface area contributed by atoms with Gasteiger partial charge in [-0.2, -0.15) is 0 Å². The second kappa shape index (κ2) is 2.95. The molecule has 15 heavy (non-hydrogen) atoms. The molecule has 0 radical (unpaired) electrons. The highest BCUT2D eigenvalue weighted by Gasteiger charge is 2.52. The predicted octanol–water partition coefficient (Wildman–Crippen LogP) is 0.653. The molecular formula is C9H13N3O3. The first-order valence-corrected chi connectivity index (χ1v) is 4.89. The van der Waals surface area contributed by atoms with E-state index in [4.69, 9.17) is 5.21 Å². The van der Waals surface area contributed by atoms with Crippen LogP contribution < -0.4 is 0 Å². The van der Waals surface area contributed by atoms with Crippen LogP contribution in [0, 0.1) is 10.4 Å². The second-order valence-corrected chi connectivity index (χ2v) is 4.28. The van der Waals surface area contributed by atoms with E-state index in [0.717, 1.165) is 11.2 Å². The molecule has 0 aromatic heterocycles. The van der Waals surface area contributed by atoms with Gasteiger partial charge in [-0.1, -0.05) is 5.16 Å². The fourth-order valence-electron chi connectivity index (χ4n) is 2.04. The molecule has 2 rings (SSSR count). The summed E-state index contributed by atoms with van der Waals surface area (Å²) < 4.78 is 1.36. The summed E-state index contributed by atoms with van der Waals surface area (Å²) in [5.74, 6) is 0. The molecule has 1 aliphatic carbocycles. The van der Waals surface area contributed by atoms with E-state index < -0.39 is 5.66 Å². The van der Waals surface area contributed by atoms with Gasteiger partial charge in [0.1, 0.15) is 0 Å². The molecule has 0 bridgehead atoms. The van der Waals surface area contributed by atoms with Gasteiger partial charge >= 0.3 is 11.4 Å². The predicted molar refractivity (Wildman–Crippen MR) is 54.4 cm³/mol. The molecule has 1 aliphatic heterocycles. The minimum absolute atomic E-state index is 0.253. The van der Waals surface area contributed by atoms with Crippen LogP contribution >= 0.6 is 0 Å². The maximum Gasteiger partial charge on any atom is 0.366 e. The van der Waals surface area contributed by atoms with E-state index in [1.807, 2.05) is 0 Å². The first-order chi connectivity index (χ1) is 7.00. The van der Waals surface area contributed by atoms with Crippen LogP contribution in [0.2, 0.25) is 0 Å². The highest BCUT2D eigenvalue weighted by atomic mass is 16.5. The number of oxime groups is 1. The summed E-state index contributed by atoms with van der Waals surface area (Å²) in [5.41, 5.74) is -0.124. The van der Waals surface area contributed by atoms with Gasteiger partial charge in [-0.15, -0.1) is 9.48 Å². The summed E-state index contributed by atoms with van der Waals surface area (Å²) in [7, 11) is 0. The lowest BCUT2D eigenvalue weighted by Crippen LogP contribution is -2.39. The van der Waals surface area contributed by atoms with Gasteiger partial charge < -0.3 is 15.6 Å². The van der Waals surface area contributed by atoms with E-state index in [2.05, 4.69) is 5.16 Å². The molecule has 0 amide bonds. The van der Waals surface area contributed by atoms with Crippen molar-refractivity contribution in [1.82, 2.24) is 0 Å². The van der Waals surface area contributed by atoms with Gasteiger partial charge in [0.15, 0.2) is 5.71 Å². The fourth-order valence-corrected chi connectivity index (χ4v) is 2.04. The summed E-state index contributed by atoms with van der Waals surface area (Å²) in [6.07, 6.45) is 1.85. The summed E-state index contributed by atoms with van der Waals surface area (Å²) in [4.78, 5) is 0. The van der Waals surface area contributed by atoms with Crippen LogP contribution in [0.4, 0.5) is 0 Å². The maximum absolute atomic E-state index is 11.9. The minimum atomic E-state index is -1.13. The molecule has 6 heteroatoms. The van der Waals surface area contributed by atoms with Crippen LogP contribution in [-0.4, -0.2) is 37.5 Å². The van der Waals surface area contributed by atoms with Crippen molar-refractivity contribution in [3.8, 4) is 0 Å². The molecule has 82 valence electrons. The Balaban J connectivity index is 2.62. The Morgan fingerprint density at radius 2 is 1.93 bits per heavy atom. The number of hydrogen-bond acceptors (Lipinski definition) is 4. The Morgan fingerprint density at radius 1 is 1.27 bits per heavy atom. The first kappa shape index (κ1) is 9.95. The molecule has 1 fully saturated rings. The molecule has 0 unspecified atom stereocenters. The van der Waals surface area contributed by atoms with Crippen molar-refractivity contribution in [3.05, 3.63) is 10.4 Å². The Hall–Kier alpha value is -1.59. The van der Waals surface area contributed by atoms with Gasteiger partial charge in [-0.05, 0) is 6.42 Å². The van der Waals surface area contributed by atoms with Crippen LogP contribution in [0.25, 0.3) is 0 Å². The average molecular weight is 211 g/mol. The van der Waals surface area contributed by atoms with Crippen molar-refractivity contribution in [2.75, 3.05) is 0 Å². The zero-order valence-corrected chi connectivity index (χ0v) is 8.73. The minimum Gasteiger partial charge on any atom is -0.618 e. The highest BCUT2D eigenvalue weighted by molar-refractivity contribution is 6.67. The third kappa shape index (κ3) is 1.14. The lowest BCUT2D eigenvalue weighted by Gasteiger charge is -2.17. The summed E-state index contributed by atoms with van der Waals surface area (Å²) in [6, 6.07) is 0. The number of rotatable bonds is 0. The highest BCUT2D eigenvalue weighted by Crippen LogP contribution is 2.23. The molecular weight excluding hydrogens is 198 g/mol. The van der Waals surface area contributed by atoms with Crippen LogP contribution in [0.15, 0.2) is 5.16 Å². The van der Waals surface area contributed by atoms with Gasteiger partial charge in [0.05, 0.1) is 13.8 Å². The monoisotopic (exact) mass is 211 g/mol.